The predicted octanol–water partition coefficient (Wildman–Crippen LogP) is 3.37. The van der Waals surface area contributed by atoms with Crippen LogP contribution in [0.4, 0.5) is 4.39 Å². The predicted molar refractivity (Wildman–Crippen MR) is 112 cm³/mol. The fourth-order valence-electron chi connectivity index (χ4n) is 3.85. The van der Waals surface area contributed by atoms with Gasteiger partial charge in [0.1, 0.15) is 24.6 Å². The van der Waals surface area contributed by atoms with Crippen LogP contribution in [0.25, 0.3) is 21.9 Å². The number of fused-ring (bicyclic) bond motifs is 1. The zero-order valence-electron chi connectivity index (χ0n) is 16.2. The minimum absolute atomic E-state index is 0.136. The van der Waals surface area contributed by atoms with Gasteiger partial charge in [0.2, 0.25) is 5.56 Å². The second-order valence-corrected chi connectivity index (χ2v) is 7.54. The Morgan fingerprint density at radius 3 is 2.59 bits per heavy atom. The van der Waals surface area contributed by atoms with Crippen molar-refractivity contribution in [3.63, 3.8) is 0 Å². The van der Waals surface area contributed by atoms with E-state index in [9.17, 15) is 14.3 Å². The summed E-state index contributed by atoms with van der Waals surface area (Å²) in [5.74, 6) is 0.704. The number of β-amino-alcohol motifs (C(OH)–C–C–N with tert-alkyl or cyclic N) is 1. The zero-order chi connectivity index (χ0) is 20.2. The topological polar surface area (TPSA) is 65.6 Å². The van der Waals surface area contributed by atoms with Crippen LogP contribution in [0, 0.1) is 0 Å². The number of halogens is 1. The Hall–Kier alpha value is -2.70. The number of likely N-dealkylation sites (tertiary alicyclic amines) is 1. The molecule has 1 saturated heterocycles. The molecule has 1 aliphatic heterocycles. The summed E-state index contributed by atoms with van der Waals surface area (Å²) >= 11 is 0. The number of piperidine rings is 1. The molecule has 0 bridgehead atoms. The van der Waals surface area contributed by atoms with Gasteiger partial charge in [-0.05, 0) is 47.6 Å². The van der Waals surface area contributed by atoms with Crippen molar-refractivity contribution in [2.45, 2.75) is 25.1 Å². The van der Waals surface area contributed by atoms with E-state index in [4.69, 9.17) is 4.74 Å². The van der Waals surface area contributed by atoms with Gasteiger partial charge >= 0.3 is 0 Å². The summed E-state index contributed by atoms with van der Waals surface area (Å²) in [5, 5.41) is 12.3. The Morgan fingerprint density at radius 1 is 1.10 bits per heavy atom. The largest absolute Gasteiger partial charge is 0.490 e. The van der Waals surface area contributed by atoms with Crippen LogP contribution in [0.2, 0.25) is 0 Å². The second-order valence-electron chi connectivity index (χ2n) is 7.54. The highest BCUT2D eigenvalue weighted by Gasteiger charge is 2.20. The van der Waals surface area contributed by atoms with Crippen molar-refractivity contribution in [3.8, 4) is 16.9 Å². The molecule has 3 aromatic rings. The summed E-state index contributed by atoms with van der Waals surface area (Å²) in [5.41, 5.74) is 1.78. The molecule has 1 aliphatic rings. The molecule has 1 aromatic heterocycles. The van der Waals surface area contributed by atoms with E-state index in [1.54, 1.807) is 12.3 Å². The number of aliphatic hydroxyl groups excluding tert-OH is 1. The molecular formula is C23H25FN2O3. The van der Waals surface area contributed by atoms with E-state index in [-0.39, 0.29) is 12.2 Å². The average Bonchev–Trinajstić information content (AvgIpc) is 2.74. The van der Waals surface area contributed by atoms with Crippen LogP contribution in [0.3, 0.4) is 0 Å². The first-order valence-electron chi connectivity index (χ1n) is 9.98. The van der Waals surface area contributed by atoms with E-state index in [0.29, 0.717) is 38.2 Å². The van der Waals surface area contributed by atoms with Gasteiger partial charge in [0.25, 0.3) is 0 Å². The van der Waals surface area contributed by atoms with Gasteiger partial charge in [-0.1, -0.05) is 24.3 Å². The number of aromatic amines is 1. The van der Waals surface area contributed by atoms with Crippen molar-refractivity contribution in [3.05, 3.63) is 65.1 Å². The number of hydrogen-bond acceptors (Lipinski definition) is 4. The number of hydrogen-bond donors (Lipinski definition) is 2. The lowest BCUT2D eigenvalue weighted by molar-refractivity contribution is 0.0511. The van der Waals surface area contributed by atoms with Crippen molar-refractivity contribution in [1.29, 1.82) is 0 Å². The van der Waals surface area contributed by atoms with Crippen LogP contribution in [0.5, 0.6) is 5.75 Å². The van der Waals surface area contributed by atoms with Gasteiger partial charge in [0, 0.05) is 37.3 Å². The fourth-order valence-corrected chi connectivity index (χ4v) is 3.85. The molecule has 0 saturated carbocycles. The van der Waals surface area contributed by atoms with Crippen molar-refractivity contribution < 1.29 is 14.2 Å². The van der Waals surface area contributed by atoms with Crippen LogP contribution in [0.15, 0.2) is 59.5 Å². The highest BCUT2D eigenvalue weighted by Crippen LogP contribution is 2.34. The van der Waals surface area contributed by atoms with Crippen molar-refractivity contribution in [2.75, 3.05) is 26.2 Å². The third-order valence-corrected chi connectivity index (χ3v) is 5.40. The molecule has 0 spiro atoms. The molecule has 29 heavy (non-hydrogen) atoms. The smallest absolute Gasteiger partial charge is 0.247 e. The number of benzene rings is 2. The quantitative estimate of drug-likeness (QED) is 0.671. The average molecular weight is 396 g/mol. The van der Waals surface area contributed by atoms with E-state index < -0.39 is 12.3 Å². The molecule has 4 rings (SSSR count). The molecule has 0 aliphatic carbocycles. The van der Waals surface area contributed by atoms with Gasteiger partial charge in [-0.2, -0.15) is 0 Å². The number of nitrogens with zero attached hydrogens (tertiary/aromatic N) is 1. The summed E-state index contributed by atoms with van der Waals surface area (Å²) in [6.07, 6.45) is 1.42. The van der Waals surface area contributed by atoms with Crippen molar-refractivity contribution in [2.24, 2.45) is 0 Å². The van der Waals surface area contributed by atoms with E-state index in [1.165, 1.54) is 6.07 Å². The molecule has 2 aromatic carbocycles. The molecule has 1 unspecified atom stereocenters. The lowest BCUT2D eigenvalue weighted by atomic mass is 9.99. The minimum Gasteiger partial charge on any atom is -0.490 e. The van der Waals surface area contributed by atoms with Crippen LogP contribution >= 0.6 is 0 Å². The van der Waals surface area contributed by atoms with Crippen LogP contribution < -0.4 is 10.3 Å². The second kappa shape index (κ2) is 8.76. The fraction of sp³-hybridized carbons (Fsp3) is 0.348. The Bertz CT molecular complexity index is 1010. The molecule has 1 fully saturated rings. The molecule has 6 heteroatoms. The molecule has 2 heterocycles. The maximum atomic E-state index is 13.3. The minimum atomic E-state index is -0.716. The first-order valence-corrected chi connectivity index (χ1v) is 9.98. The van der Waals surface area contributed by atoms with Gasteiger partial charge in [0.15, 0.2) is 0 Å². The summed E-state index contributed by atoms with van der Waals surface area (Å²) in [4.78, 5) is 16.2. The van der Waals surface area contributed by atoms with E-state index in [2.05, 4.69) is 9.88 Å². The highest BCUT2D eigenvalue weighted by molar-refractivity contribution is 5.99. The van der Waals surface area contributed by atoms with E-state index >= 15 is 0 Å². The van der Waals surface area contributed by atoms with E-state index in [1.807, 2.05) is 36.4 Å². The highest BCUT2D eigenvalue weighted by atomic mass is 19.1. The van der Waals surface area contributed by atoms with Gasteiger partial charge in [-0.25, -0.2) is 4.39 Å². The lowest BCUT2D eigenvalue weighted by Crippen LogP contribution is -2.41. The number of pyridine rings is 1. The molecule has 5 nitrogen and oxygen atoms in total. The van der Waals surface area contributed by atoms with Gasteiger partial charge < -0.3 is 19.7 Å². The Kier molecular flexibility index (Phi) is 5.92. The summed E-state index contributed by atoms with van der Waals surface area (Å²) in [7, 11) is 0. The molecule has 0 radical (unpaired) electrons. The Morgan fingerprint density at radius 2 is 1.86 bits per heavy atom. The number of aromatic nitrogens is 1. The molecule has 152 valence electrons. The third kappa shape index (κ3) is 4.66. The van der Waals surface area contributed by atoms with Gasteiger partial charge in [-0.3, -0.25) is 4.79 Å². The van der Waals surface area contributed by atoms with Crippen LogP contribution in [-0.4, -0.2) is 53.5 Å². The maximum Gasteiger partial charge on any atom is 0.247 e. The zero-order valence-corrected chi connectivity index (χ0v) is 16.2. The summed E-state index contributed by atoms with van der Waals surface area (Å²) < 4.78 is 19.2. The SMILES string of the molecule is O=c1ccc(-c2ccc(OCC(O)CN3CCC(F)CC3)c3ccccc23)c[nH]1. The van der Waals surface area contributed by atoms with Crippen LogP contribution in [0.1, 0.15) is 12.8 Å². The number of rotatable bonds is 6. The monoisotopic (exact) mass is 396 g/mol. The van der Waals surface area contributed by atoms with Crippen LogP contribution in [-0.2, 0) is 0 Å². The van der Waals surface area contributed by atoms with E-state index in [0.717, 1.165) is 21.9 Å². The number of ether oxygens (including phenoxy) is 1. The Balaban J connectivity index is 1.49. The van der Waals surface area contributed by atoms with Gasteiger partial charge in [-0.15, -0.1) is 0 Å². The molecule has 1 atom stereocenters. The number of alkyl halides is 1. The molecule has 2 N–H and O–H groups in total. The number of aliphatic hydroxyl groups is 1. The number of nitrogens with one attached hydrogen (secondary N) is 1. The van der Waals surface area contributed by atoms with Crippen molar-refractivity contribution >= 4 is 10.8 Å². The summed E-state index contributed by atoms with van der Waals surface area (Å²) in [6, 6.07) is 15.1. The maximum absolute atomic E-state index is 13.3. The molecule has 0 amide bonds. The Labute approximate surface area is 168 Å². The summed E-state index contributed by atoms with van der Waals surface area (Å²) in [6.45, 7) is 2.02. The standard InChI is InChI=1S/C23H25FN2O3/c24-17-9-11-26(12-10-17)14-18(27)15-29-22-7-6-19(16-5-8-23(28)25-13-16)20-3-1-2-4-21(20)22/h1-8,13,17-18,27H,9-12,14-15H2,(H,25,28). The molecular weight excluding hydrogens is 371 g/mol. The lowest BCUT2D eigenvalue weighted by Gasteiger charge is -2.30. The van der Waals surface area contributed by atoms with Gasteiger partial charge in [0.05, 0.1) is 0 Å². The van der Waals surface area contributed by atoms with Crippen molar-refractivity contribution in [1.82, 2.24) is 9.88 Å². The first kappa shape index (κ1) is 19.6. The third-order valence-electron chi connectivity index (χ3n) is 5.40. The number of H-pyrrole nitrogens is 1. The first-order chi connectivity index (χ1) is 14.1. The normalized spacial score (nSPS) is 16.8.